The largest absolute Gasteiger partial charge is 0.508 e. The smallest absolute Gasteiger partial charge is 0.203 e. The molecule has 0 amide bonds. The van der Waals surface area contributed by atoms with Crippen molar-refractivity contribution in [1.29, 1.82) is 0 Å². The van der Waals surface area contributed by atoms with Crippen molar-refractivity contribution in [3.05, 3.63) is 95.1 Å². The highest BCUT2D eigenvalue weighted by Crippen LogP contribution is 2.41. The molecule has 4 heterocycles. The molecule has 3 N–H and O–H groups in total. The number of aryl methyl sites for hydroxylation is 4. The fourth-order valence-electron chi connectivity index (χ4n) is 4.50. The Morgan fingerprint density at radius 3 is 2.09 bits per heavy atom. The van der Waals surface area contributed by atoms with Gasteiger partial charge in [0, 0.05) is 5.56 Å². The molecule has 4 aromatic carbocycles. The Bertz CT molecular complexity index is 1340. The summed E-state index contributed by atoms with van der Waals surface area (Å²) in [6.07, 6.45) is 2.79. The minimum atomic E-state index is 0.0269. The van der Waals surface area contributed by atoms with Gasteiger partial charge in [-0.1, -0.05) is 30.3 Å². The number of benzene rings is 4. The van der Waals surface area contributed by atoms with E-state index in [-0.39, 0.29) is 17.2 Å². The highest BCUT2D eigenvalue weighted by atomic mass is 16.5. The van der Waals surface area contributed by atoms with Crippen LogP contribution in [0.1, 0.15) is 22.3 Å². The van der Waals surface area contributed by atoms with E-state index in [1.807, 2.05) is 48.5 Å². The molecule has 0 fully saturated rings. The minimum Gasteiger partial charge on any atom is -0.508 e. The monoisotopic (exact) mass is 454 g/mol. The lowest BCUT2D eigenvalue weighted by Gasteiger charge is -2.16. The number of hydrogen-bond donors (Lipinski definition) is 3. The fraction of sp³-hybridized carbons (Fsp3) is 0.172. The molecule has 5 heteroatoms. The minimum absolute atomic E-state index is 0.0269. The first kappa shape index (κ1) is 21.7. The second-order valence-corrected chi connectivity index (χ2v) is 8.59. The highest BCUT2D eigenvalue weighted by Gasteiger charge is 2.16. The predicted molar refractivity (Wildman–Crippen MR) is 131 cm³/mol. The van der Waals surface area contributed by atoms with Crippen LogP contribution in [-0.2, 0) is 25.7 Å². The van der Waals surface area contributed by atoms with Crippen molar-refractivity contribution in [2.75, 3.05) is 7.11 Å². The first-order chi connectivity index (χ1) is 16.5. The van der Waals surface area contributed by atoms with Gasteiger partial charge in [-0.25, -0.2) is 0 Å². The molecular weight excluding hydrogens is 428 g/mol. The van der Waals surface area contributed by atoms with Gasteiger partial charge >= 0.3 is 0 Å². The number of ether oxygens (including phenoxy) is 2. The fourth-order valence-corrected chi connectivity index (χ4v) is 4.50. The zero-order valence-corrected chi connectivity index (χ0v) is 18.9. The molecule has 0 aliphatic carbocycles. The summed E-state index contributed by atoms with van der Waals surface area (Å²) in [6.45, 7) is 0. The van der Waals surface area contributed by atoms with Crippen LogP contribution in [0.2, 0.25) is 0 Å². The summed E-state index contributed by atoms with van der Waals surface area (Å²) < 4.78 is 11.5. The van der Waals surface area contributed by atoms with Gasteiger partial charge in [0.05, 0.1) is 7.11 Å². The van der Waals surface area contributed by atoms with Crippen LogP contribution in [0, 0.1) is 0 Å². The van der Waals surface area contributed by atoms with E-state index in [2.05, 4.69) is 0 Å². The summed E-state index contributed by atoms with van der Waals surface area (Å²) in [5.74, 6) is 1.84. The molecule has 8 rings (SSSR count). The first-order valence-electron chi connectivity index (χ1n) is 11.3. The zero-order valence-electron chi connectivity index (χ0n) is 18.9. The Morgan fingerprint density at radius 1 is 0.647 bits per heavy atom. The van der Waals surface area contributed by atoms with Gasteiger partial charge in [0.25, 0.3) is 0 Å². The van der Waals surface area contributed by atoms with Crippen LogP contribution >= 0.6 is 0 Å². The maximum Gasteiger partial charge on any atom is 0.203 e. The van der Waals surface area contributed by atoms with E-state index in [1.165, 1.54) is 7.11 Å². The molecule has 0 aromatic heterocycles. The van der Waals surface area contributed by atoms with Crippen molar-refractivity contribution in [3.63, 3.8) is 0 Å². The lowest BCUT2D eigenvalue weighted by Crippen LogP contribution is -1.98. The Morgan fingerprint density at radius 2 is 1.32 bits per heavy atom. The Balaban J connectivity index is 1.60. The van der Waals surface area contributed by atoms with Gasteiger partial charge in [-0.15, -0.1) is 0 Å². The van der Waals surface area contributed by atoms with E-state index in [4.69, 9.17) is 9.47 Å². The molecule has 0 unspecified atom stereocenters. The van der Waals surface area contributed by atoms with Crippen LogP contribution in [-0.4, -0.2) is 22.4 Å². The topological polar surface area (TPSA) is 79.2 Å². The number of phenolic OH excluding ortho intramolecular Hbond substituents is 3. The van der Waals surface area contributed by atoms with Gasteiger partial charge in [0.2, 0.25) is 5.75 Å². The van der Waals surface area contributed by atoms with E-state index in [0.29, 0.717) is 36.5 Å². The molecule has 4 aromatic rings. The molecule has 4 aliphatic heterocycles. The van der Waals surface area contributed by atoms with Crippen molar-refractivity contribution in [1.82, 2.24) is 0 Å². The Hall–Kier alpha value is -4.12. The maximum atomic E-state index is 10.8. The Kier molecular flexibility index (Phi) is 5.76. The lowest BCUT2D eigenvalue weighted by molar-refractivity contribution is 0.348. The van der Waals surface area contributed by atoms with Crippen molar-refractivity contribution >= 4 is 0 Å². The summed E-state index contributed by atoms with van der Waals surface area (Å²) in [6, 6.07) is 22.4. The number of phenols is 3. The van der Waals surface area contributed by atoms with E-state index < -0.39 is 0 Å². The van der Waals surface area contributed by atoms with Crippen molar-refractivity contribution in [2.24, 2.45) is 0 Å². The molecule has 4 aliphatic rings. The van der Waals surface area contributed by atoms with Crippen LogP contribution < -0.4 is 9.47 Å². The average molecular weight is 455 g/mol. The summed E-state index contributed by atoms with van der Waals surface area (Å²) >= 11 is 0. The van der Waals surface area contributed by atoms with Crippen LogP contribution in [0.3, 0.4) is 0 Å². The van der Waals surface area contributed by atoms with E-state index in [1.54, 1.807) is 24.3 Å². The SMILES string of the molecule is COc1c(O)cc2cc1Oc1ccc(cc1)CCc1cc(O)ccc1-c1ccc(cc1O)CC2. The molecule has 0 spiro atoms. The predicted octanol–water partition coefficient (Wildman–Crippen LogP) is 6.16. The third-order valence-electron chi connectivity index (χ3n) is 6.28. The zero-order chi connectivity index (χ0) is 23.7. The van der Waals surface area contributed by atoms with Crippen LogP contribution in [0.25, 0.3) is 11.1 Å². The second-order valence-electron chi connectivity index (χ2n) is 8.59. The summed E-state index contributed by atoms with van der Waals surface area (Å²) in [7, 11) is 1.50. The summed E-state index contributed by atoms with van der Waals surface area (Å²) in [5.41, 5.74) is 5.62. The lowest BCUT2D eigenvalue weighted by atomic mass is 9.93. The number of hydrogen-bond acceptors (Lipinski definition) is 5. The number of methoxy groups -OCH3 is 1. The summed E-state index contributed by atoms with van der Waals surface area (Å²) in [5, 5.41) is 31.4. The van der Waals surface area contributed by atoms with Crippen LogP contribution in [0.4, 0.5) is 0 Å². The third-order valence-corrected chi connectivity index (χ3v) is 6.28. The van der Waals surface area contributed by atoms with Crippen molar-refractivity contribution in [3.8, 4) is 45.6 Å². The van der Waals surface area contributed by atoms with E-state index >= 15 is 0 Å². The molecule has 5 nitrogen and oxygen atoms in total. The highest BCUT2D eigenvalue weighted by molar-refractivity contribution is 5.74. The standard InChI is InChI=1S/C29H26O5/c1-33-29-27(32)15-20-3-2-19-7-12-25(26(31)14-19)24-13-9-22(30)17-21(24)8-4-18-5-10-23(11-6-18)34-28(29)16-20/h5-7,9-17,30-32H,2-4,8H2,1H3. The van der Waals surface area contributed by atoms with Gasteiger partial charge in [-0.2, -0.15) is 0 Å². The summed E-state index contributed by atoms with van der Waals surface area (Å²) in [4.78, 5) is 0. The quantitative estimate of drug-likeness (QED) is 0.321. The maximum absolute atomic E-state index is 10.8. The van der Waals surface area contributed by atoms with Gasteiger partial charge in [0.15, 0.2) is 11.5 Å². The van der Waals surface area contributed by atoms with Crippen LogP contribution in [0.15, 0.2) is 72.8 Å². The van der Waals surface area contributed by atoms with Crippen molar-refractivity contribution < 1.29 is 24.8 Å². The molecular formula is C29H26O5. The molecule has 0 saturated carbocycles. The number of rotatable bonds is 1. The molecule has 6 bridgehead atoms. The number of aromatic hydroxyl groups is 3. The second kappa shape index (κ2) is 9.02. The average Bonchev–Trinajstić information content (AvgIpc) is 2.82. The van der Waals surface area contributed by atoms with Gasteiger partial charge in [-0.05, 0) is 96.0 Å². The Labute approximate surface area is 198 Å². The molecule has 172 valence electrons. The van der Waals surface area contributed by atoms with Crippen molar-refractivity contribution in [2.45, 2.75) is 25.7 Å². The molecule has 0 saturated heterocycles. The molecule has 0 radical (unpaired) electrons. The molecule has 34 heavy (non-hydrogen) atoms. The third kappa shape index (κ3) is 4.37. The van der Waals surface area contributed by atoms with Gasteiger partial charge < -0.3 is 24.8 Å². The molecule has 0 atom stereocenters. The van der Waals surface area contributed by atoms with Crippen LogP contribution in [0.5, 0.6) is 34.5 Å². The first-order valence-corrected chi connectivity index (χ1v) is 11.3. The normalized spacial score (nSPS) is 13.0. The van der Waals surface area contributed by atoms with E-state index in [9.17, 15) is 15.3 Å². The van der Waals surface area contributed by atoms with Gasteiger partial charge in [0.1, 0.15) is 17.2 Å². The van der Waals surface area contributed by atoms with Gasteiger partial charge in [-0.3, -0.25) is 0 Å². The van der Waals surface area contributed by atoms with E-state index in [0.717, 1.165) is 39.8 Å².